The molecule has 0 aliphatic carbocycles. The second kappa shape index (κ2) is 6.11. The number of halogens is 1. The molecule has 2 rings (SSSR count). The lowest BCUT2D eigenvalue weighted by Gasteiger charge is -2.05. The highest BCUT2D eigenvalue weighted by molar-refractivity contribution is 6.28. The summed E-state index contributed by atoms with van der Waals surface area (Å²) >= 11 is 5.73. The van der Waals surface area contributed by atoms with Crippen LogP contribution >= 0.6 is 11.6 Å². The summed E-state index contributed by atoms with van der Waals surface area (Å²) in [6.45, 7) is 0.431. The topological polar surface area (TPSA) is 72.8 Å². The predicted molar refractivity (Wildman–Crippen MR) is 67.8 cm³/mol. The van der Waals surface area contributed by atoms with Crippen LogP contribution in [0.5, 0.6) is 6.01 Å². The normalized spacial score (nSPS) is 10.1. The minimum Gasteiger partial charge on any atom is -0.463 e. The van der Waals surface area contributed by atoms with Gasteiger partial charge in [-0.15, -0.1) is 0 Å². The zero-order chi connectivity index (χ0) is 12.8. The van der Waals surface area contributed by atoms with Gasteiger partial charge in [0, 0.05) is 25.4 Å². The number of nitrogens with zero attached hydrogens (tertiary/aromatic N) is 4. The van der Waals surface area contributed by atoms with Gasteiger partial charge in [-0.2, -0.15) is 15.0 Å². The largest absolute Gasteiger partial charge is 0.463 e. The van der Waals surface area contributed by atoms with Crippen molar-refractivity contribution in [2.45, 2.75) is 6.42 Å². The van der Waals surface area contributed by atoms with Gasteiger partial charge < -0.3 is 10.1 Å². The number of nitrogens with one attached hydrogen (secondary N) is 1. The van der Waals surface area contributed by atoms with Crippen molar-refractivity contribution >= 4 is 17.5 Å². The molecule has 0 fully saturated rings. The summed E-state index contributed by atoms with van der Waals surface area (Å²) in [6, 6.07) is 5.94. The third-order valence-corrected chi connectivity index (χ3v) is 2.30. The number of anilines is 1. The van der Waals surface area contributed by atoms with E-state index in [1.165, 1.54) is 0 Å². The Balaban J connectivity index is 1.92. The Morgan fingerprint density at radius 1 is 1.28 bits per heavy atom. The first-order chi connectivity index (χ1) is 8.78. The third-order valence-electron chi connectivity index (χ3n) is 2.13. The molecule has 2 aromatic heterocycles. The molecule has 0 atom stereocenters. The van der Waals surface area contributed by atoms with Crippen molar-refractivity contribution in [3.05, 3.63) is 35.4 Å². The van der Waals surface area contributed by atoms with Gasteiger partial charge in [0.05, 0.1) is 6.61 Å². The molecule has 0 saturated heterocycles. The minimum absolute atomic E-state index is 0.0992. The van der Waals surface area contributed by atoms with E-state index in [0.29, 0.717) is 19.0 Å². The van der Waals surface area contributed by atoms with Gasteiger partial charge >= 0.3 is 6.01 Å². The quantitative estimate of drug-likeness (QED) is 0.885. The number of aromatic nitrogens is 4. The van der Waals surface area contributed by atoms with Crippen LogP contribution < -0.4 is 10.1 Å². The van der Waals surface area contributed by atoms with Gasteiger partial charge in [-0.1, -0.05) is 6.07 Å². The SMILES string of the molecule is CNc1nc(Cl)nc(OCCc2ccccn2)n1. The molecule has 0 bridgehead atoms. The Kier molecular flexibility index (Phi) is 4.25. The summed E-state index contributed by atoms with van der Waals surface area (Å²) in [5.41, 5.74) is 0.950. The minimum atomic E-state index is 0.0992. The summed E-state index contributed by atoms with van der Waals surface area (Å²) in [4.78, 5) is 15.9. The molecule has 0 aliphatic heterocycles. The molecule has 18 heavy (non-hydrogen) atoms. The number of rotatable bonds is 5. The van der Waals surface area contributed by atoms with E-state index in [0.717, 1.165) is 5.69 Å². The molecule has 2 aromatic rings. The molecule has 0 amide bonds. The van der Waals surface area contributed by atoms with Gasteiger partial charge in [0.1, 0.15) is 0 Å². The first kappa shape index (κ1) is 12.5. The maximum absolute atomic E-state index is 5.73. The fraction of sp³-hybridized carbons (Fsp3) is 0.273. The Morgan fingerprint density at radius 2 is 2.17 bits per heavy atom. The molecule has 0 saturated carbocycles. The standard InChI is InChI=1S/C11H12ClN5O/c1-13-10-15-9(12)16-11(17-10)18-7-5-8-4-2-3-6-14-8/h2-4,6H,5,7H2,1H3,(H,13,15,16,17). The smallest absolute Gasteiger partial charge is 0.322 e. The molecule has 0 unspecified atom stereocenters. The Morgan fingerprint density at radius 3 is 2.89 bits per heavy atom. The number of hydrogen-bond donors (Lipinski definition) is 1. The van der Waals surface area contributed by atoms with Crippen molar-refractivity contribution in [3.8, 4) is 6.01 Å². The first-order valence-electron chi connectivity index (χ1n) is 5.40. The molecule has 0 spiro atoms. The lowest BCUT2D eigenvalue weighted by Crippen LogP contribution is -2.07. The van der Waals surface area contributed by atoms with E-state index in [2.05, 4.69) is 25.3 Å². The Bertz CT molecular complexity index is 508. The van der Waals surface area contributed by atoms with Crippen molar-refractivity contribution in [2.24, 2.45) is 0 Å². The number of pyridine rings is 1. The molecule has 0 aliphatic rings. The zero-order valence-corrected chi connectivity index (χ0v) is 10.6. The highest BCUT2D eigenvalue weighted by Gasteiger charge is 2.04. The van der Waals surface area contributed by atoms with Gasteiger partial charge in [-0.25, -0.2) is 0 Å². The van der Waals surface area contributed by atoms with Crippen LogP contribution in [0.2, 0.25) is 5.28 Å². The molecule has 0 radical (unpaired) electrons. The van der Waals surface area contributed by atoms with Crippen molar-refractivity contribution in [1.29, 1.82) is 0 Å². The molecule has 6 nitrogen and oxygen atoms in total. The van der Waals surface area contributed by atoms with Crippen LogP contribution in [0.3, 0.4) is 0 Å². The van der Waals surface area contributed by atoms with Crippen LogP contribution in [0.4, 0.5) is 5.95 Å². The third kappa shape index (κ3) is 3.53. The molecule has 2 heterocycles. The molecule has 94 valence electrons. The van der Waals surface area contributed by atoms with Gasteiger partial charge in [0.25, 0.3) is 0 Å². The van der Waals surface area contributed by atoms with Crippen molar-refractivity contribution < 1.29 is 4.74 Å². The fourth-order valence-electron chi connectivity index (χ4n) is 1.30. The maximum Gasteiger partial charge on any atom is 0.322 e. The number of hydrogen-bond acceptors (Lipinski definition) is 6. The summed E-state index contributed by atoms with van der Waals surface area (Å²) in [6.07, 6.45) is 2.42. The summed E-state index contributed by atoms with van der Waals surface area (Å²) < 4.78 is 5.41. The molecular weight excluding hydrogens is 254 g/mol. The van der Waals surface area contributed by atoms with Crippen LogP contribution in [0.1, 0.15) is 5.69 Å². The van der Waals surface area contributed by atoms with Crippen molar-refractivity contribution in [3.63, 3.8) is 0 Å². The van der Waals surface area contributed by atoms with E-state index in [1.54, 1.807) is 13.2 Å². The predicted octanol–water partition coefficient (Wildman–Crippen LogP) is 1.58. The van der Waals surface area contributed by atoms with Gasteiger partial charge in [-0.3, -0.25) is 4.98 Å². The van der Waals surface area contributed by atoms with E-state index in [4.69, 9.17) is 16.3 Å². The fourth-order valence-corrected chi connectivity index (χ4v) is 1.45. The molecular formula is C11H12ClN5O. The van der Waals surface area contributed by atoms with Crippen molar-refractivity contribution in [2.75, 3.05) is 19.0 Å². The van der Waals surface area contributed by atoms with Crippen LogP contribution in [-0.4, -0.2) is 33.6 Å². The highest BCUT2D eigenvalue weighted by Crippen LogP contribution is 2.10. The Hall–Kier alpha value is -1.95. The summed E-state index contributed by atoms with van der Waals surface area (Å²) in [5, 5.41) is 2.88. The van der Waals surface area contributed by atoms with E-state index >= 15 is 0 Å². The van der Waals surface area contributed by atoms with Crippen molar-refractivity contribution in [1.82, 2.24) is 19.9 Å². The highest BCUT2D eigenvalue weighted by atomic mass is 35.5. The second-order valence-electron chi connectivity index (χ2n) is 3.38. The van der Waals surface area contributed by atoms with E-state index in [-0.39, 0.29) is 11.3 Å². The summed E-state index contributed by atoms with van der Waals surface area (Å²) in [5.74, 6) is 0.378. The van der Waals surface area contributed by atoms with Crippen LogP contribution in [-0.2, 0) is 6.42 Å². The van der Waals surface area contributed by atoms with Crippen LogP contribution in [0.15, 0.2) is 24.4 Å². The average molecular weight is 266 g/mol. The van der Waals surface area contributed by atoms with E-state index in [9.17, 15) is 0 Å². The van der Waals surface area contributed by atoms with Gasteiger partial charge in [-0.05, 0) is 23.7 Å². The van der Waals surface area contributed by atoms with Gasteiger partial charge in [0.2, 0.25) is 11.2 Å². The average Bonchev–Trinajstić information content (AvgIpc) is 2.39. The first-order valence-corrected chi connectivity index (χ1v) is 5.78. The monoisotopic (exact) mass is 265 g/mol. The Labute approximate surface area is 109 Å². The zero-order valence-electron chi connectivity index (χ0n) is 9.80. The van der Waals surface area contributed by atoms with Crippen LogP contribution in [0, 0.1) is 0 Å². The van der Waals surface area contributed by atoms with E-state index < -0.39 is 0 Å². The lowest BCUT2D eigenvalue weighted by atomic mass is 10.3. The van der Waals surface area contributed by atoms with Gasteiger partial charge in [0.15, 0.2) is 0 Å². The van der Waals surface area contributed by atoms with Crippen LogP contribution in [0.25, 0.3) is 0 Å². The molecule has 1 N–H and O–H groups in total. The second-order valence-corrected chi connectivity index (χ2v) is 3.72. The van der Waals surface area contributed by atoms with E-state index in [1.807, 2.05) is 18.2 Å². The maximum atomic E-state index is 5.73. The molecule has 7 heteroatoms. The molecule has 0 aromatic carbocycles. The lowest BCUT2D eigenvalue weighted by molar-refractivity contribution is 0.294. The number of ether oxygens (including phenoxy) is 1. The summed E-state index contributed by atoms with van der Waals surface area (Å²) in [7, 11) is 1.70.